The molecule has 1 aliphatic heterocycles. The van der Waals surface area contributed by atoms with Crippen molar-refractivity contribution in [2.75, 3.05) is 45.7 Å². The largest absolute Gasteiger partial charge is 0.377 e. The number of rotatable bonds is 5. The van der Waals surface area contributed by atoms with E-state index in [0.717, 1.165) is 30.8 Å². The van der Waals surface area contributed by atoms with Crippen LogP contribution in [0, 0.1) is 5.41 Å². The minimum absolute atomic E-state index is 0.0524. The maximum Gasteiger partial charge on any atom is 0.171 e. The lowest BCUT2D eigenvalue weighted by Gasteiger charge is -2.34. The molecule has 1 rings (SSSR count). The molecular weight excluding hydrogens is 256 g/mol. The first-order valence-electron chi connectivity index (χ1n) is 6.94. The zero-order valence-corrected chi connectivity index (χ0v) is 14.1. The molecule has 0 bridgehead atoms. The summed E-state index contributed by atoms with van der Waals surface area (Å²) in [4.78, 5) is 16.7. The van der Waals surface area contributed by atoms with E-state index in [2.05, 4.69) is 51.7 Å². The quantitative estimate of drug-likeness (QED) is 0.774. The first kappa shape index (κ1) is 16.6. The summed E-state index contributed by atoms with van der Waals surface area (Å²) in [6.07, 6.45) is 1.13. The third-order valence-electron chi connectivity index (χ3n) is 3.35. The van der Waals surface area contributed by atoms with E-state index in [9.17, 15) is 4.79 Å². The highest BCUT2D eigenvalue weighted by atomic mass is 32.2. The molecule has 0 saturated heterocycles. The molecule has 0 amide bonds. The molecule has 0 aromatic heterocycles. The van der Waals surface area contributed by atoms with Crippen molar-refractivity contribution in [3.05, 3.63) is 11.3 Å². The monoisotopic (exact) mass is 284 g/mol. The van der Waals surface area contributed by atoms with Crippen LogP contribution in [0.4, 0.5) is 0 Å². The smallest absolute Gasteiger partial charge is 0.171 e. The molecular formula is C15H28N2OS. The van der Waals surface area contributed by atoms with E-state index in [0.29, 0.717) is 11.5 Å². The number of nitrogens with zero attached hydrogens (tertiary/aromatic N) is 2. The summed E-state index contributed by atoms with van der Waals surface area (Å²) in [5.41, 5.74) is 2.23. The van der Waals surface area contributed by atoms with E-state index in [1.54, 1.807) is 11.8 Å². The average Bonchev–Trinajstić information content (AvgIpc) is 2.26. The van der Waals surface area contributed by atoms with Gasteiger partial charge < -0.3 is 9.80 Å². The van der Waals surface area contributed by atoms with Crippen LogP contribution in [-0.4, -0.2) is 61.3 Å². The number of hydrogen-bond donors (Lipinski definition) is 0. The first-order chi connectivity index (χ1) is 8.73. The van der Waals surface area contributed by atoms with Crippen molar-refractivity contribution in [3.8, 4) is 0 Å². The maximum atomic E-state index is 12.2. The second-order valence-electron chi connectivity index (χ2n) is 6.57. The number of allylic oxidation sites excluding steroid dienone is 1. The Hall–Kier alpha value is -0.480. The van der Waals surface area contributed by atoms with E-state index >= 15 is 0 Å². The van der Waals surface area contributed by atoms with Crippen LogP contribution >= 0.6 is 11.8 Å². The van der Waals surface area contributed by atoms with Crippen LogP contribution in [0.2, 0.25) is 0 Å². The molecule has 0 aromatic rings. The molecule has 19 heavy (non-hydrogen) atoms. The standard InChI is InChI=1S/C15H28N2OS/c1-15(2,3)14-12(10-19-11-13(14)18)17(6)9-7-8-16(4)5/h7-11H2,1-6H3. The molecule has 0 N–H and O–H groups in total. The Kier molecular flexibility index (Phi) is 5.93. The SMILES string of the molecule is CN(C)CCCN(C)C1=C(C(C)(C)C)C(=O)CSC1. The Bertz CT molecular complexity index is 356. The van der Waals surface area contributed by atoms with Gasteiger partial charge in [-0.2, -0.15) is 0 Å². The molecule has 4 heteroatoms. The van der Waals surface area contributed by atoms with Gasteiger partial charge in [0.15, 0.2) is 5.78 Å². The average molecular weight is 284 g/mol. The summed E-state index contributed by atoms with van der Waals surface area (Å²) < 4.78 is 0. The van der Waals surface area contributed by atoms with Crippen molar-refractivity contribution in [3.63, 3.8) is 0 Å². The van der Waals surface area contributed by atoms with Gasteiger partial charge in [0.2, 0.25) is 0 Å². The Labute approximate surface area is 122 Å². The highest BCUT2D eigenvalue weighted by molar-refractivity contribution is 8.00. The number of ketones is 1. The number of carbonyl (C=O) groups is 1. The van der Waals surface area contributed by atoms with E-state index < -0.39 is 0 Å². The highest BCUT2D eigenvalue weighted by Crippen LogP contribution is 2.35. The zero-order chi connectivity index (χ0) is 14.6. The van der Waals surface area contributed by atoms with Gasteiger partial charge in [-0.1, -0.05) is 20.8 Å². The fourth-order valence-electron chi connectivity index (χ4n) is 2.46. The first-order valence-corrected chi connectivity index (χ1v) is 8.09. The van der Waals surface area contributed by atoms with Crippen LogP contribution in [-0.2, 0) is 4.79 Å². The van der Waals surface area contributed by atoms with Crippen LogP contribution in [0.1, 0.15) is 27.2 Å². The van der Waals surface area contributed by atoms with Crippen molar-refractivity contribution in [2.24, 2.45) is 5.41 Å². The van der Waals surface area contributed by atoms with Crippen molar-refractivity contribution in [2.45, 2.75) is 27.2 Å². The second kappa shape index (κ2) is 6.80. The minimum Gasteiger partial charge on any atom is -0.377 e. The van der Waals surface area contributed by atoms with E-state index in [1.807, 2.05) is 0 Å². The number of carbonyl (C=O) groups excluding carboxylic acids is 1. The molecule has 0 fully saturated rings. The summed E-state index contributed by atoms with van der Waals surface area (Å²) in [5.74, 6) is 1.93. The summed E-state index contributed by atoms with van der Waals surface area (Å²) in [5, 5.41) is 0. The topological polar surface area (TPSA) is 23.6 Å². The third-order valence-corrected chi connectivity index (χ3v) is 4.29. The molecule has 0 aliphatic carbocycles. The Morgan fingerprint density at radius 2 is 1.74 bits per heavy atom. The molecule has 0 saturated carbocycles. The lowest BCUT2D eigenvalue weighted by molar-refractivity contribution is -0.114. The zero-order valence-electron chi connectivity index (χ0n) is 13.2. The van der Waals surface area contributed by atoms with Crippen LogP contribution in [0.25, 0.3) is 0 Å². The molecule has 0 radical (unpaired) electrons. The fourth-order valence-corrected chi connectivity index (χ4v) is 3.45. The van der Waals surface area contributed by atoms with Crippen LogP contribution in [0.3, 0.4) is 0 Å². The molecule has 0 unspecified atom stereocenters. The van der Waals surface area contributed by atoms with Crippen LogP contribution in [0.5, 0.6) is 0 Å². The van der Waals surface area contributed by atoms with E-state index in [4.69, 9.17) is 0 Å². The Morgan fingerprint density at radius 1 is 1.11 bits per heavy atom. The van der Waals surface area contributed by atoms with Crippen molar-refractivity contribution in [1.29, 1.82) is 0 Å². The molecule has 0 aromatic carbocycles. The van der Waals surface area contributed by atoms with Gasteiger partial charge in [0.25, 0.3) is 0 Å². The predicted molar refractivity (Wildman–Crippen MR) is 84.6 cm³/mol. The summed E-state index contributed by atoms with van der Waals surface area (Å²) >= 11 is 1.74. The normalized spacial score (nSPS) is 17.3. The van der Waals surface area contributed by atoms with Crippen molar-refractivity contribution in [1.82, 2.24) is 9.80 Å². The summed E-state index contributed by atoms with van der Waals surface area (Å²) in [7, 11) is 6.32. The van der Waals surface area contributed by atoms with Crippen LogP contribution < -0.4 is 0 Å². The summed E-state index contributed by atoms with van der Waals surface area (Å²) in [6, 6.07) is 0. The molecule has 1 aliphatic rings. The van der Waals surface area contributed by atoms with Gasteiger partial charge in [0, 0.05) is 30.6 Å². The molecule has 1 heterocycles. The van der Waals surface area contributed by atoms with Gasteiger partial charge in [-0.3, -0.25) is 4.79 Å². The van der Waals surface area contributed by atoms with Gasteiger partial charge in [0.1, 0.15) is 0 Å². The molecule has 110 valence electrons. The van der Waals surface area contributed by atoms with Crippen molar-refractivity contribution < 1.29 is 4.79 Å². The number of Topliss-reactive ketones (excluding diaryl/α,β-unsaturated/α-hetero) is 1. The number of hydrogen-bond acceptors (Lipinski definition) is 4. The summed E-state index contributed by atoms with van der Waals surface area (Å²) in [6.45, 7) is 8.53. The van der Waals surface area contributed by atoms with Crippen molar-refractivity contribution >= 4 is 17.5 Å². The lowest BCUT2D eigenvalue weighted by Crippen LogP contribution is -2.33. The fraction of sp³-hybridized carbons (Fsp3) is 0.800. The molecule has 0 spiro atoms. The highest BCUT2D eigenvalue weighted by Gasteiger charge is 2.31. The molecule has 0 atom stereocenters. The maximum absolute atomic E-state index is 12.2. The van der Waals surface area contributed by atoms with Gasteiger partial charge >= 0.3 is 0 Å². The minimum atomic E-state index is -0.0524. The van der Waals surface area contributed by atoms with Gasteiger partial charge in [-0.15, -0.1) is 11.8 Å². The van der Waals surface area contributed by atoms with Crippen LogP contribution in [0.15, 0.2) is 11.3 Å². The third kappa shape index (κ3) is 4.84. The Morgan fingerprint density at radius 3 is 2.26 bits per heavy atom. The predicted octanol–water partition coefficient (Wildman–Crippen LogP) is 2.49. The van der Waals surface area contributed by atoms with E-state index in [1.165, 1.54) is 5.70 Å². The number of thioether (sulfide) groups is 1. The van der Waals surface area contributed by atoms with Gasteiger partial charge in [-0.05, 0) is 32.5 Å². The second-order valence-corrected chi connectivity index (χ2v) is 7.55. The Balaban J connectivity index is 2.83. The van der Waals surface area contributed by atoms with Gasteiger partial charge in [-0.25, -0.2) is 0 Å². The van der Waals surface area contributed by atoms with Gasteiger partial charge in [0.05, 0.1) is 5.75 Å². The van der Waals surface area contributed by atoms with E-state index in [-0.39, 0.29) is 5.41 Å². The molecule has 3 nitrogen and oxygen atoms in total. The lowest BCUT2D eigenvalue weighted by atomic mass is 9.82.